The van der Waals surface area contributed by atoms with Gasteiger partial charge in [-0.25, -0.2) is 14.6 Å². The SMILES string of the molecule is [2H]CC(C[2H])=C1C=C2O[C@@H](C1)C[C@H](CO)OC(=O)C[C@H](O)C[C@@H]1C[C@H](OOCC(C)(C)C)C(C)(C)[C@](O)(C[C@@H]3CC(=CC(=O)OC)C[C@H](C=CC2(C)C)O3)O1. The lowest BCUT2D eigenvalue weighted by Crippen LogP contribution is -2.62. The van der Waals surface area contributed by atoms with E-state index in [0.29, 0.717) is 30.6 Å². The van der Waals surface area contributed by atoms with E-state index in [-0.39, 0.29) is 57.9 Å². The summed E-state index contributed by atoms with van der Waals surface area (Å²) in [6, 6.07) is 0. The average Bonchev–Trinajstić information content (AvgIpc) is 3.08. The summed E-state index contributed by atoms with van der Waals surface area (Å²) in [7, 11) is 1.32. The van der Waals surface area contributed by atoms with E-state index in [4.69, 9.17) is 36.2 Å². The summed E-state index contributed by atoms with van der Waals surface area (Å²) in [5, 5.41) is 34.0. The Morgan fingerprint density at radius 1 is 1.04 bits per heavy atom. The minimum absolute atomic E-state index is 0.0225. The van der Waals surface area contributed by atoms with Crippen molar-refractivity contribution in [3.05, 3.63) is 46.8 Å². The first-order valence-electron chi connectivity index (χ1n) is 20.1. The fourth-order valence-electron chi connectivity index (χ4n) is 7.16. The lowest BCUT2D eigenvalue weighted by Gasteiger charge is -2.53. The van der Waals surface area contributed by atoms with E-state index in [2.05, 4.69) is 0 Å². The first-order valence-corrected chi connectivity index (χ1v) is 18.7. The Morgan fingerprint density at radius 3 is 2.43 bits per heavy atom. The summed E-state index contributed by atoms with van der Waals surface area (Å²) < 4.78 is 46.3. The van der Waals surface area contributed by atoms with Gasteiger partial charge in [-0.3, -0.25) is 4.79 Å². The molecule has 0 amide bonds. The highest BCUT2D eigenvalue weighted by Crippen LogP contribution is 2.49. The predicted molar refractivity (Wildman–Crippen MR) is 197 cm³/mol. The Bertz CT molecular complexity index is 1460. The topological polar surface area (TPSA) is 159 Å². The van der Waals surface area contributed by atoms with Crippen LogP contribution in [-0.2, 0) is 43.0 Å². The first-order chi connectivity index (χ1) is 25.7. The molecule has 2 saturated heterocycles. The van der Waals surface area contributed by atoms with Crippen molar-refractivity contribution >= 4 is 11.9 Å². The molecular formula is C41H64O12. The van der Waals surface area contributed by atoms with Gasteiger partial charge in [0.25, 0.3) is 0 Å². The fraction of sp³-hybridized carbons (Fsp3) is 0.756. The molecule has 4 heterocycles. The van der Waals surface area contributed by atoms with Crippen LogP contribution in [0.1, 0.15) is 116 Å². The minimum atomic E-state index is -1.87. The number of cyclic esters (lactones) is 1. The fourth-order valence-corrected chi connectivity index (χ4v) is 7.16. The number of carbonyl (C=O) groups excluding carboxylic acids is 2. The molecule has 0 aromatic heterocycles. The number of carbonyl (C=O) groups is 2. The molecule has 0 radical (unpaired) electrons. The molecule has 0 aliphatic carbocycles. The van der Waals surface area contributed by atoms with Crippen LogP contribution >= 0.6 is 0 Å². The molecule has 8 atom stereocenters. The Morgan fingerprint density at radius 2 is 1.77 bits per heavy atom. The number of hydrogen-bond donors (Lipinski definition) is 3. The van der Waals surface area contributed by atoms with Gasteiger partial charge < -0.3 is 39.0 Å². The van der Waals surface area contributed by atoms with Crippen molar-refractivity contribution in [3.8, 4) is 0 Å². The zero-order chi connectivity index (χ0) is 40.8. The van der Waals surface area contributed by atoms with Crippen LogP contribution in [0.3, 0.4) is 0 Å². The summed E-state index contributed by atoms with van der Waals surface area (Å²) in [6.45, 7) is 13.3. The molecule has 0 saturated carbocycles. The summed E-state index contributed by atoms with van der Waals surface area (Å²) >= 11 is 0. The lowest BCUT2D eigenvalue weighted by atomic mass is 9.70. The second kappa shape index (κ2) is 17.5. The third-order valence-corrected chi connectivity index (χ3v) is 10.5. The minimum Gasteiger partial charge on any atom is -0.493 e. The molecular weight excluding hydrogens is 684 g/mol. The number of aliphatic hydroxyl groups excluding tert-OH is 2. The number of aliphatic hydroxyl groups is 3. The number of fused-ring (bicyclic) bond motifs is 6. The van der Waals surface area contributed by atoms with Gasteiger partial charge in [0.15, 0.2) is 5.79 Å². The van der Waals surface area contributed by atoms with Gasteiger partial charge in [0, 0.05) is 51.8 Å². The second-order valence-electron chi connectivity index (χ2n) is 17.4. The van der Waals surface area contributed by atoms with Gasteiger partial charge >= 0.3 is 11.9 Å². The third-order valence-electron chi connectivity index (χ3n) is 10.5. The van der Waals surface area contributed by atoms with Crippen molar-refractivity contribution in [2.75, 3.05) is 20.3 Å². The molecule has 0 aromatic carbocycles. The maximum Gasteiger partial charge on any atom is 0.330 e. The van der Waals surface area contributed by atoms with Crippen molar-refractivity contribution in [3.63, 3.8) is 0 Å². The van der Waals surface area contributed by atoms with E-state index < -0.39 is 77.9 Å². The normalized spacial score (nSPS) is 35.2. The number of esters is 2. The molecule has 3 N–H and O–H groups in total. The predicted octanol–water partition coefficient (Wildman–Crippen LogP) is 5.93. The van der Waals surface area contributed by atoms with Crippen LogP contribution in [0, 0.1) is 16.2 Å². The number of methoxy groups -OCH3 is 1. The Kier molecular flexibility index (Phi) is 13.2. The number of ether oxygens (including phenoxy) is 5. The van der Waals surface area contributed by atoms with E-state index in [1.165, 1.54) is 13.2 Å². The third kappa shape index (κ3) is 11.7. The molecule has 0 unspecified atom stereocenters. The molecule has 2 fully saturated rings. The zero-order valence-corrected chi connectivity index (χ0v) is 32.9. The monoisotopic (exact) mass is 750 g/mol. The van der Waals surface area contributed by atoms with Crippen LogP contribution in [0.5, 0.6) is 0 Å². The molecule has 0 aromatic rings. The van der Waals surface area contributed by atoms with Gasteiger partial charge in [-0.1, -0.05) is 57.9 Å². The van der Waals surface area contributed by atoms with E-state index in [0.717, 1.165) is 11.1 Å². The van der Waals surface area contributed by atoms with E-state index in [9.17, 15) is 24.9 Å². The van der Waals surface area contributed by atoms with E-state index in [1.54, 1.807) is 0 Å². The van der Waals surface area contributed by atoms with Gasteiger partial charge in [0.2, 0.25) is 0 Å². The molecule has 300 valence electrons. The van der Waals surface area contributed by atoms with Gasteiger partial charge in [-0.15, -0.1) is 0 Å². The summed E-state index contributed by atoms with van der Waals surface area (Å²) in [5.41, 5.74) is 0.223. The number of hydrogen-bond acceptors (Lipinski definition) is 12. The maximum absolute atomic E-state index is 13.2. The molecule has 12 nitrogen and oxygen atoms in total. The van der Waals surface area contributed by atoms with E-state index >= 15 is 0 Å². The summed E-state index contributed by atoms with van der Waals surface area (Å²) in [5.74, 6) is -2.52. The Hall–Kier alpha value is -2.58. The Balaban J connectivity index is 1.77. The Labute approximate surface area is 318 Å². The average molecular weight is 751 g/mol. The molecule has 6 bridgehead atoms. The largest absolute Gasteiger partial charge is 0.493 e. The summed E-state index contributed by atoms with van der Waals surface area (Å²) in [6.07, 6.45) is 2.92. The molecule has 53 heavy (non-hydrogen) atoms. The molecule has 4 aliphatic heterocycles. The number of rotatable bonds is 5. The van der Waals surface area contributed by atoms with Crippen molar-refractivity contribution in [2.24, 2.45) is 16.2 Å². The quantitative estimate of drug-likeness (QED) is 0.100. The van der Waals surface area contributed by atoms with Crippen LogP contribution in [-0.4, -0.2) is 96.1 Å². The lowest BCUT2D eigenvalue weighted by molar-refractivity contribution is -0.418. The smallest absolute Gasteiger partial charge is 0.330 e. The molecule has 4 rings (SSSR count). The number of allylic oxidation sites excluding steroid dienone is 3. The van der Waals surface area contributed by atoms with Crippen LogP contribution in [0.25, 0.3) is 0 Å². The molecule has 0 spiro atoms. The maximum atomic E-state index is 13.2. The van der Waals surface area contributed by atoms with Crippen molar-refractivity contribution in [1.29, 1.82) is 0 Å². The van der Waals surface area contributed by atoms with Gasteiger partial charge in [0.1, 0.15) is 24.1 Å². The first kappa shape index (κ1) is 40.1. The van der Waals surface area contributed by atoms with Crippen LogP contribution < -0.4 is 0 Å². The van der Waals surface area contributed by atoms with Crippen LogP contribution in [0.15, 0.2) is 46.8 Å². The van der Waals surface area contributed by atoms with Crippen molar-refractivity contribution < 1.29 is 61.1 Å². The highest BCUT2D eigenvalue weighted by molar-refractivity contribution is 5.82. The van der Waals surface area contributed by atoms with Gasteiger partial charge in [0.05, 0.1) is 51.2 Å². The van der Waals surface area contributed by atoms with Crippen LogP contribution in [0.4, 0.5) is 0 Å². The highest BCUT2D eigenvalue weighted by Gasteiger charge is 2.57. The van der Waals surface area contributed by atoms with Crippen LogP contribution in [0.2, 0.25) is 0 Å². The molecule has 12 heteroatoms. The van der Waals surface area contributed by atoms with Gasteiger partial charge in [-0.2, -0.15) is 0 Å². The second-order valence-corrected chi connectivity index (χ2v) is 17.4. The van der Waals surface area contributed by atoms with Crippen molar-refractivity contribution in [1.82, 2.24) is 0 Å². The standard InChI is InChI=1S/C41H64O12/c1-25(2)27-16-30-20-33(23-42)51-37(45)19-28(43)18-31-21-35(53-48-24-38(3,4)5)40(8,9)41(46,52-31)22-32-14-26(15-36(44)47-10)13-29(49-32)11-12-39(6,7)34(17-27)50-30/h11-12,15,17,28-33,35,42-43,46H,13-14,16,18-24H2,1-10H3/t28-,29+,30+,31-,32+,33-,35+,41+/m1/s1/i1D,2D. The summed E-state index contributed by atoms with van der Waals surface area (Å²) in [4.78, 5) is 37.3. The highest BCUT2D eigenvalue weighted by atomic mass is 17.2. The molecule has 4 aliphatic rings. The van der Waals surface area contributed by atoms with Gasteiger partial charge in [-0.05, 0) is 57.6 Å². The zero-order valence-electron chi connectivity index (χ0n) is 34.9. The van der Waals surface area contributed by atoms with E-state index in [1.807, 2.05) is 66.7 Å². The van der Waals surface area contributed by atoms with Crippen molar-refractivity contribution in [2.45, 2.75) is 162 Å².